The van der Waals surface area contributed by atoms with E-state index in [1.807, 2.05) is 25.2 Å². The molecule has 1 heterocycles. The number of rotatable bonds is 3. The predicted octanol–water partition coefficient (Wildman–Crippen LogP) is 4.69. The third-order valence-electron chi connectivity index (χ3n) is 3.38. The van der Waals surface area contributed by atoms with Gasteiger partial charge in [-0.3, -0.25) is 0 Å². The van der Waals surface area contributed by atoms with Crippen LogP contribution in [-0.2, 0) is 13.6 Å². The maximum absolute atomic E-state index is 13.8. The van der Waals surface area contributed by atoms with E-state index in [2.05, 4.69) is 44.1 Å². The third-order valence-corrected chi connectivity index (χ3v) is 3.87. The van der Waals surface area contributed by atoms with Gasteiger partial charge in [0.2, 0.25) is 0 Å². The lowest BCUT2D eigenvalue weighted by atomic mass is 10.2. The minimum Gasteiger partial charge on any atom is -0.379 e. The van der Waals surface area contributed by atoms with Crippen molar-refractivity contribution in [2.24, 2.45) is 7.05 Å². The molecule has 4 heteroatoms. The van der Waals surface area contributed by atoms with Crippen LogP contribution in [0.4, 0.5) is 10.1 Å². The van der Waals surface area contributed by atoms with E-state index >= 15 is 0 Å². The first-order chi connectivity index (χ1) is 9.65. The van der Waals surface area contributed by atoms with Gasteiger partial charge in [0.15, 0.2) is 0 Å². The van der Waals surface area contributed by atoms with Gasteiger partial charge in [-0.15, -0.1) is 0 Å². The smallest absolute Gasteiger partial charge is 0.147 e. The van der Waals surface area contributed by atoms with E-state index < -0.39 is 0 Å². The summed E-state index contributed by atoms with van der Waals surface area (Å²) in [7, 11) is 2.02. The quantitative estimate of drug-likeness (QED) is 0.736. The molecular formula is C16H14BrFN2. The van der Waals surface area contributed by atoms with Crippen molar-refractivity contribution in [1.29, 1.82) is 0 Å². The Morgan fingerprint density at radius 3 is 2.80 bits per heavy atom. The first-order valence-electron chi connectivity index (χ1n) is 6.37. The van der Waals surface area contributed by atoms with Crippen molar-refractivity contribution >= 4 is 32.5 Å². The minimum absolute atomic E-state index is 0.250. The first kappa shape index (κ1) is 13.2. The van der Waals surface area contributed by atoms with E-state index in [0.717, 1.165) is 10.0 Å². The minimum atomic E-state index is -0.250. The zero-order valence-corrected chi connectivity index (χ0v) is 12.6. The average molecular weight is 333 g/mol. The molecule has 3 aromatic rings. The summed E-state index contributed by atoms with van der Waals surface area (Å²) in [6.45, 7) is 0.597. The third kappa shape index (κ3) is 2.43. The molecule has 0 unspecified atom stereocenters. The van der Waals surface area contributed by atoms with Gasteiger partial charge < -0.3 is 9.88 Å². The Labute approximate surface area is 125 Å². The van der Waals surface area contributed by atoms with Crippen LogP contribution >= 0.6 is 15.9 Å². The number of hydrogen-bond acceptors (Lipinski definition) is 1. The molecule has 0 fully saturated rings. The van der Waals surface area contributed by atoms with Crippen LogP contribution in [-0.4, -0.2) is 4.57 Å². The van der Waals surface area contributed by atoms with Crippen LogP contribution in [0.5, 0.6) is 0 Å². The number of para-hydroxylation sites is 1. The van der Waals surface area contributed by atoms with Crippen LogP contribution in [0.1, 0.15) is 5.56 Å². The molecule has 102 valence electrons. The van der Waals surface area contributed by atoms with Gasteiger partial charge >= 0.3 is 0 Å². The molecule has 1 aromatic heterocycles. The molecule has 0 bridgehead atoms. The molecule has 2 nitrogen and oxygen atoms in total. The van der Waals surface area contributed by atoms with E-state index in [1.54, 1.807) is 6.07 Å². The molecular weight excluding hydrogens is 319 g/mol. The zero-order valence-electron chi connectivity index (χ0n) is 11.0. The summed E-state index contributed by atoms with van der Waals surface area (Å²) in [5.41, 5.74) is 2.85. The van der Waals surface area contributed by atoms with Crippen LogP contribution < -0.4 is 5.32 Å². The first-order valence-corrected chi connectivity index (χ1v) is 7.16. The Kier molecular flexibility index (Phi) is 3.49. The Hall–Kier alpha value is -1.81. The molecule has 1 N–H and O–H groups in total. The van der Waals surface area contributed by atoms with Gasteiger partial charge in [-0.25, -0.2) is 4.39 Å². The molecule has 0 atom stereocenters. The Balaban J connectivity index is 1.87. The summed E-state index contributed by atoms with van der Waals surface area (Å²) in [6.07, 6.45) is 2.08. The summed E-state index contributed by atoms with van der Waals surface area (Å²) < 4.78 is 16.6. The van der Waals surface area contributed by atoms with Gasteiger partial charge in [0, 0.05) is 35.2 Å². The number of aryl methyl sites for hydroxylation is 1. The van der Waals surface area contributed by atoms with Gasteiger partial charge in [0.25, 0.3) is 0 Å². The van der Waals surface area contributed by atoms with Gasteiger partial charge in [-0.05, 0) is 29.8 Å². The normalized spacial score (nSPS) is 10.9. The molecule has 0 aliphatic rings. The molecule has 0 saturated carbocycles. The van der Waals surface area contributed by atoms with E-state index in [4.69, 9.17) is 0 Å². The Morgan fingerprint density at radius 1 is 1.20 bits per heavy atom. The second kappa shape index (κ2) is 5.29. The molecule has 2 aromatic carbocycles. The van der Waals surface area contributed by atoms with E-state index in [9.17, 15) is 4.39 Å². The highest BCUT2D eigenvalue weighted by molar-refractivity contribution is 9.10. The molecule has 0 aliphatic heterocycles. The molecule has 0 saturated heterocycles. The number of aromatic nitrogens is 1. The fourth-order valence-corrected chi connectivity index (χ4v) is 2.72. The SMILES string of the molecule is Cn1cc(CNc2ccc(Br)cc2F)c2ccccc21. The van der Waals surface area contributed by atoms with E-state index in [1.165, 1.54) is 17.0 Å². The highest BCUT2D eigenvalue weighted by atomic mass is 79.9. The second-order valence-corrected chi connectivity index (χ2v) is 5.68. The molecule has 20 heavy (non-hydrogen) atoms. The molecule has 0 radical (unpaired) electrons. The van der Waals surface area contributed by atoms with Crippen LogP contribution in [0, 0.1) is 5.82 Å². The standard InChI is InChI=1S/C16H14BrFN2/c1-20-10-11(13-4-2-3-5-16(13)20)9-19-15-7-6-12(17)8-14(15)18/h2-8,10,19H,9H2,1H3. The zero-order chi connectivity index (χ0) is 14.1. The van der Waals surface area contributed by atoms with Crippen molar-refractivity contribution in [3.05, 3.63) is 64.5 Å². The van der Waals surface area contributed by atoms with Crippen molar-refractivity contribution in [3.8, 4) is 0 Å². The van der Waals surface area contributed by atoms with Gasteiger partial charge in [-0.2, -0.15) is 0 Å². The lowest BCUT2D eigenvalue weighted by Crippen LogP contribution is -2.00. The number of hydrogen-bond donors (Lipinski definition) is 1. The molecule has 3 rings (SSSR count). The number of nitrogens with zero attached hydrogens (tertiary/aromatic N) is 1. The number of anilines is 1. The van der Waals surface area contributed by atoms with Crippen molar-refractivity contribution in [2.45, 2.75) is 6.54 Å². The van der Waals surface area contributed by atoms with Crippen LogP contribution in [0.3, 0.4) is 0 Å². The van der Waals surface area contributed by atoms with Gasteiger partial charge in [0.1, 0.15) is 5.82 Å². The Bertz CT molecular complexity index is 764. The lowest BCUT2D eigenvalue weighted by Gasteiger charge is -2.07. The number of fused-ring (bicyclic) bond motifs is 1. The maximum Gasteiger partial charge on any atom is 0.147 e. The molecule has 0 aliphatic carbocycles. The number of nitrogens with one attached hydrogen (secondary N) is 1. The topological polar surface area (TPSA) is 17.0 Å². The van der Waals surface area contributed by atoms with Gasteiger partial charge in [-0.1, -0.05) is 34.1 Å². The van der Waals surface area contributed by atoms with Crippen LogP contribution in [0.2, 0.25) is 0 Å². The van der Waals surface area contributed by atoms with Crippen molar-refractivity contribution in [3.63, 3.8) is 0 Å². The lowest BCUT2D eigenvalue weighted by molar-refractivity contribution is 0.629. The van der Waals surface area contributed by atoms with E-state index in [-0.39, 0.29) is 5.82 Å². The van der Waals surface area contributed by atoms with Crippen molar-refractivity contribution in [1.82, 2.24) is 4.57 Å². The summed E-state index contributed by atoms with van der Waals surface area (Å²) in [6, 6.07) is 13.2. The monoisotopic (exact) mass is 332 g/mol. The molecule has 0 amide bonds. The van der Waals surface area contributed by atoms with Crippen molar-refractivity contribution < 1.29 is 4.39 Å². The van der Waals surface area contributed by atoms with Gasteiger partial charge in [0.05, 0.1) is 5.69 Å². The second-order valence-electron chi connectivity index (χ2n) is 4.76. The van der Waals surface area contributed by atoms with Crippen molar-refractivity contribution in [2.75, 3.05) is 5.32 Å². The van der Waals surface area contributed by atoms with Crippen LogP contribution in [0.25, 0.3) is 10.9 Å². The average Bonchev–Trinajstić information content (AvgIpc) is 2.75. The predicted molar refractivity (Wildman–Crippen MR) is 84.3 cm³/mol. The Morgan fingerprint density at radius 2 is 2.00 bits per heavy atom. The maximum atomic E-state index is 13.8. The van der Waals surface area contributed by atoms with Crippen LogP contribution in [0.15, 0.2) is 53.1 Å². The van der Waals surface area contributed by atoms with E-state index in [0.29, 0.717) is 12.2 Å². The summed E-state index contributed by atoms with van der Waals surface area (Å²) in [5.74, 6) is -0.250. The highest BCUT2D eigenvalue weighted by Gasteiger charge is 2.07. The summed E-state index contributed by atoms with van der Waals surface area (Å²) in [4.78, 5) is 0. The fourth-order valence-electron chi connectivity index (χ4n) is 2.39. The summed E-state index contributed by atoms with van der Waals surface area (Å²) in [5, 5.41) is 4.35. The highest BCUT2D eigenvalue weighted by Crippen LogP contribution is 2.23. The number of halogens is 2. The molecule has 0 spiro atoms. The largest absolute Gasteiger partial charge is 0.379 e. The fraction of sp³-hybridized carbons (Fsp3) is 0.125. The summed E-state index contributed by atoms with van der Waals surface area (Å²) >= 11 is 3.26. The number of benzene rings is 2.